The Kier molecular flexibility index (Phi) is 3.98. The summed E-state index contributed by atoms with van der Waals surface area (Å²) in [6, 6.07) is -0.430. The van der Waals surface area contributed by atoms with Crippen LogP contribution >= 0.6 is 0 Å². The lowest BCUT2D eigenvalue weighted by molar-refractivity contribution is -0.148. The smallest absolute Gasteiger partial charge is 0.329 e. The summed E-state index contributed by atoms with van der Waals surface area (Å²) in [6.45, 7) is 1.12. The highest BCUT2D eigenvalue weighted by Gasteiger charge is 2.45. The van der Waals surface area contributed by atoms with Crippen molar-refractivity contribution in [2.24, 2.45) is 0 Å². The van der Waals surface area contributed by atoms with E-state index in [0.29, 0.717) is 32.4 Å². The predicted octanol–water partition coefficient (Wildman–Crippen LogP) is -0.0253. The van der Waals surface area contributed by atoms with E-state index < -0.39 is 17.5 Å². The van der Waals surface area contributed by atoms with E-state index in [4.69, 9.17) is 5.11 Å². The van der Waals surface area contributed by atoms with Crippen LogP contribution < -0.4 is 10.6 Å². The first-order valence-electron chi connectivity index (χ1n) is 6.26. The van der Waals surface area contributed by atoms with Gasteiger partial charge in [-0.2, -0.15) is 0 Å². The number of urea groups is 1. The van der Waals surface area contributed by atoms with Crippen LogP contribution in [0.2, 0.25) is 0 Å². The molecule has 8 heteroatoms. The van der Waals surface area contributed by atoms with Crippen LogP contribution in [0.25, 0.3) is 0 Å². The van der Waals surface area contributed by atoms with Crippen LogP contribution in [-0.2, 0) is 11.3 Å². The van der Waals surface area contributed by atoms with Crippen molar-refractivity contribution >= 4 is 12.0 Å². The molecule has 0 saturated heterocycles. The highest BCUT2D eigenvalue weighted by Crippen LogP contribution is 2.31. The molecular formula is C11H17N5O3. The van der Waals surface area contributed by atoms with Crippen molar-refractivity contribution in [3.05, 3.63) is 12.4 Å². The number of carboxylic acid groups (broad SMARTS) is 1. The molecular weight excluding hydrogens is 250 g/mol. The van der Waals surface area contributed by atoms with E-state index in [0.717, 1.165) is 6.42 Å². The maximum absolute atomic E-state index is 11.6. The molecule has 1 heterocycles. The molecule has 1 aliphatic rings. The molecule has 0 atom stereocenters. The fraction of sp³-hybridized carbons (Fsp3) is 0.636. The minimum Gasteiger partial charge on any atom is -0.480 e. The lowest BCUT2D eigenvalue weighted by Crippen LogP contribution is -2.61. The van der Waals surface area contributed by atoms with Crippen LogP contribution in [0.3, 0.4) is 0 Å². The number of aliphatic carboxylic acids is 1. The zero-order valence-corrected chi connectivity index (χ0v) is 10.5. The van der Waals surface area contributed by atoms with Gasteiger partial charge >= 0.3 is 12.0 Å². The minimum absolute atomic E-state index is 0.430. The van der Waals surface area contributed by atoms with E-state index in [-0.39, 0.29) is 0 Å². The molecule has 1 fully saturated rings. The van der Waals surface area contributed by atoms with Crippen molar-refractivity contribution in [2.75, 3.05) is 6.54 Å². The van der Waals surface area contributed by atoms with E-state index in [9.17, 15) is 9.59 Å². The van der Waals surface area contributed by atoms with Gasteiger partial charge < -0.3 is 15.7 Å². The third kappa shape index (κ3) is 3.21. The average molecular weight is 267 g/mol. The maximum Gasteiger partial charge on any atom is 0.329 e. The molecule has 8 nitrogen and oxygen atoms in total. The van der Waals surface area contributed by atoms with E-state index in [1.54, 1.807) is 17.1 Å². The van der Waals surface area contributed by atoms with Crippen molar-refractivity contribution in [1.82, 2.24) is 25.6 Å². The third-order valence-corrected chi connectivity index (χ3v) is 3.29. The summed E-state index contributed by atoms with van der Waals surface area (Å²) < 4.78 is 1.67. The molecule has 0 spiro atoms. The molecule has 1 aliphatic carbocycles. The molecule has 1 aromatic heterocycles. The summed E-state index contributed by atoms with van der Waals surface area (Å²) in [6.07, 6.45) is 5.86. The standard InChI is InChI=1S/C11H17N5O3/c17-9(18)11(3-1-4-11)14-10(19)12-5-2-7-16-8-6-13-15-16/h6,8H,1-5,7H2,(H,17,18)(H2,12,14,19). The van der Waals surface area contributed by atoms with Crippen LogP contribution in [0.15, 0.2) is 12.4 Å². The van der Waals surface area contributed by atoms with Gasteiger partial charge in [-0.25, -0.2) is 9.59 Å². The quantitative estimate of drug-likeness (QED) is 0.627. The third-order valence-electron chi connectivity index (χ3n) is 3.29. The van der Waals surface area contributed by atoms with Crippen molar-refractivity contribution in [2.45, 2.75) is 37.8 Å². The van der Waals surface area contributed by atoms with Crippen molar-refractivity contribution in [3.63, 3.8) is 0 Å². The van der Waals surface area contributed by atoms with Crippen LogP contribution in [0.4, 0.5) is 4.79 Å². The van der Waals surface area contributed by atoms with Crippen LogP contribution in [0.5, 0.6) is 0 Å². The average Bonchev–Trinajstić information content (AvgIpc) is 2.82. The minimum atomic E-state index is -1.06. The molecule has 19 heavy (non-hydrogen) atoms. The maximum atomic E-state index is 11.6. The number of rotatable bonds is 6. The Bertz CT molecular complexity index is 441. The second-order valence-electron chi connectivity index (χ2n) is 4.64. The first kappa shape index (κ1) is 13.3. The first-order valence-corrected chi connectivity index (χ1v) is 6.26. The number of nitrogens with one attached hydrogen (secondary N) is 2. The molecule has 3 N–H and O–H groups in total. The number of carboxylic acids is 1. The van der Waals surface area contributed by atoms with Gasteiger partial charge in [0, 0.05) is 19.3 Å². The molecule has 0 aliphatic heterocycles. The van der Waals surface area contributed by atoms with E-state index in [1.165, 1.54) is 0 Å². The van der Waals surface area contributed by atoms with Crippen LogP contribution in [0, 0.1) is 0 Å². The summed E-state index contributed by atoms with van der Waals surface area (Å²) in [5.74, 6) is -0.962. The van der Waals surface area contributed by atoms with Gasteiger partial charge in [-0.05, 0) is 25.7 Å². The van der Waals surface area contributed by atoms with Crippen molar-refractivity contribution in [3.8, 4) is 0 Å². The Labute approximate surface area is 110 Å². The Balaban J connectivity index is 1.66. The Morgan fingerprint density at radius 3 is 2.74 bits per heavy atom. The Morgan fingerprint density at radius 1 is 1.42 bits per heavy atom. The molecule has 0 aromatic carbocycles. The van der Waals surface area contributed by atoms with Gasteiger partial charge in [0.05, 0.1) is 6.20 Å². The highest BCUT2D eigenvalue weighted by atomic mass is 16.4. The van der Waals surface area contributed by atoms with E-state index >= 15 is 0 Å². The molecule has 0 radical (unpaired) electrons. The van der Waals surface area contributed by atoms with Gasteiger partial charge in [-0.3, -0.25) is 4.68 Å². The molecule has 0 bridgehead atoms. The van der Waals surface area contributed by atoms with Crippen molar-refractivity contribution in [1.29, 1.82) is 0 Å². The number of carbonyl (C=O) groups excluding carboxylic acids is 1. The second kappa shape index (κ2) is 5.68. The lowest BCUT2D eigenvalue weighted by atomic mass is 9.77. The van der Waals surface area contributed by atoms with Gasteiger partial charge in [0.15, 0.2) is 0 Å². The number of aromatic nitrogens is 3. The summed E-state index contributed by atoms with van der Waals surface area (Å²) in [4.78, 5) is 22.7. The lowest BCUT2D eigenvalue weighted by Gasteiger charge is -2.38. The number of nitrogens with zero attached hydrogens (tertiary/aromatic N) is 3. The number of amides is 2. The molecule has 0 unspecified atom stereocenters. The number of carbonyl (C=O) groups is 2. The SMILES string of the molecule is O=C(NCCCn1ccnn1)NC1(C(=O)O)CCC1. The molecule has 104 valence electrons. The number of aryl methyl sites for hydroxylation is 1. The zero-order valence-electron chi connectivity index (χ0n) is 10.5. The number of hydrogen-bond donors (Lipinski definition) is 3. The Morgan fingerprint density at radius 2 is 2.21 bits per heavy atom. The summed E-state index contributed by atoms with van der Waals surface area (Å²) >= 11 is 0. The fourth-order valence-electron chi connectivity index (χ4n) is 1.98. The van der Waals surface area contributed by atoms with Crippen LogP contribution in [0.1, 0.15) is 25.7 Å². The van der Waals surface area contributed by atoms with E-state index in [1.807, 2.05) is 0 Å². The molecule has 2 amide bonds. The Hall–Kier alpha value is -2.12. The molecule has 1 aromatic rings. The topological polar surface area (TPSA) is 109 Å². The highest BCUT2D eigenvalue weighted by molar-refractivity contribution is 5.87. The normalized spacial score (nSPS) is 16.4. The van der Waals surface area contributed by atoms with Crippen LogP contribution in [-0.4, -0.2) is 44.2 Å². The van der Waals surface area contributed by atoms with Gasteiger partial charge in [0.2, 0.25) is 0 Å². The summed E-state index contributed by atoms with van der Waals surface area (Å²) in [5.41, 5.74) is -1.06. The monoisotopic (exact) mass is 267 g/mol. The molecule has 2 rings (SSSR count). The van der Waals surface area contributed by atoms with Crippen molar-refractivity contribution < 1.29 is 14.7 Å². The largest absolute Gasteiger partial charge is 0.480 e. The predicted molar refractivity (Wildman–Crippen MR) is 65.4 cm³/mol. The second-order valence-corrected chi connectivity index (χ2v) is 4.64. The zero-order chi connectivity index (χ0) is 13.7. The fourth-order valence-corrected chi connectivity index (χ4v) is 1.98. The number of hydrogen-bond acceptors (Lipinski definition) is 4. The summed E-state index contributed by atoms with van der Waals surface area (Å²) in [5, 5.41) is 21.7. The van der Waals surface area contributed by atoms with Gasteiger partial charge in [-0.1, -0.05) is 5.21 Å². The van der Waals surface area contributed by atoms with Gasteiger partial charge in [0.1, 0.15) is 5.54 Å². The summed E-state index contributed by atoms with van der Waals surface area (Å²) in [7, 11) is 0. The first-order chi connectivity index (χ1) is 9.12. The van der Waals surface area contributed by atoms with Gasteiger partial charge in [-0.15, -0.1) is 5.10 Å². The molecule has 1 saturated carbocycles. The van der Waals surface area contributed by atoms with Gasteiger partial charge in [0.25, 0.3) is 0 Å². The van der Waals surface area contributed by atoms with E-state index in [2.05, 4.69) is 20.9 Å².